The number of nitrogens with two attached hydrogens (primary N) is 1. The number of hydrogen-bond acceptors (Lipinski definition) is 6. The molecule has 0 amide bonds. The van der Waals surface area contributed by atoms with Gasteiger partial charge < -0.3 is 20.3 Å². The first kappa shape index (κ1) is 23.2. The minimum Gasteiger partial charge on any atom is -0.489 e. The highest BCUT2D eigenvalue weighted by Crippen LogP contribution is 2.39. The van der Waals surface area contributed by atoms with Gasteiger partial charge in [-0.15, -0.1) is 0 Å². The summed E-state index contributed by atoms with van der Waals surface area (Å²) in [6.45, 7) is 9.56. The number of carbonyl (C=O) groups is 1. The summed E-state index contributed by atoms with van der Waals surface area (Å²) in [4.78, 5) is 19.2. The fourth-order valence-electron chi connectivity index (χ4n) is 5.25. The molecule has 2 aliphatic rings. The Morgan fingerprint density at radius 2 is 1.74 bits per heavy atom. The summed E-state index contributed by atoms with van der Waals surface area (Å²) in [5, 5.41) is 0. The first-order valence-electron chi connectivity index (χ1n) is 12.5. The lowest BCUT2D eigenvalue weighted by atomic mass is 10.0. The van der Waals surface area contributed by atoms with Crippen molar-refractivity contribution in [2.24, 2.45) is 0 Å². The largest absolute Gasteiger partial charge is 0.489 e. The van der Waals surface area contributed by atoms with Crippen LogP contribution in [0.15, 0.2) is 60.7 Å². The number of rotatable bonds is 7. The number of ether oxygens (including phenoxy) is 1. The van der Waals surface area contributed by atoms with E-state index in [-0.39, 0.29) is 6.10 Å². The van der Waals surface area contributed by atoms with Gasteiger partial charge in [-0.25, -0.2) is 0 Å². The predicted molar refractivity (Wildman–Crippen MR) is 143 cm³/mol. The van der Waals surface area contributed by atoms with Crippen LogP contribution in [-0.2, 0) is 13.0 Å². The Labute approximate surface area is 207 Å². The van der Waals surface area contributed by atoms with E-state index in [1.54, 1.807) is 0 Å². The van der Waals surface area contributed by atoms with Crippen LogP contribution in [-0.4, -0.2) is 50.0 Å². The van der Waals surface area contributed by atoms with E-state index in [1.807, 2.05) is 30.3 Å². The van der Waals surface area contributed by atoms with Crippen LogP contribution >= 0.6 is 0 Å². The van der Waals surface area contributed by atoms with Crippen LogP contribution in [0.2, 0.25) is 0 Å². The van der Waals surface area contributed by atoms with Crippen LogP contribution in [0, 0.1) is 0 Å². The van der Waals surface area contributed by atoms with Gasteiger partial charge in [0.15, 0.2) is 6.29 Å². The number of para-hydroxylation sites is 3. The van der Waals surface area contributed by atoms with E-state index in [0.717, 1.165) is 86.0 Å². The van der Waals surface area contributed by atoms with Crippen molar-refractivity contribution in [3.05, 3.63) is 77.4 Å². The maximum absolute atomic E-state index is 12.0. The Bertz CT molecular complexity index is 1200. The second kappa shape index (κ2) is 10.0. The number of benzene rings is 3. The summed E-state index contributed by atoms with van der Waals surface area (Å²) in [6, 6.07) is 20.5. The van der Waals surface area contributed by atoms with Gasteiger partial charge in [0.1, 0.15) is 5.75 Å². The first-order valence-corrected chi connectivity index (χ1v) is 12.5. The molecule has 0 saturated carbocycles. The molecule has 3 aromatic rings. The lowest BCUT2D eigenvalue weighted by Crippen LogP contribution is -2.46. The highest BCUT2D eigenvalue weighted by molar-refractivity contribution is 5.90. The van der Waals surface area contributed by atoms with E-state index in [4.69, 9.17) is 10.5 Å². The normalized spacial score (nSPS) is 16.0. The van der Waals surface area contributed by atoms with Crippen molar-refractivity contribution in [2.45, 2.75) is 32.9 Å². The van der Waals surface area contributed by atoms with Crippen molar-refractivity contribution in [3.8, 4) is 5.75 Å². The van der Waals surface area contributed by atoms with Gasteiger partial charge in [-0.3, -0.25) is 9.69 Å². The summed E-state index contributed by atoms with van der Waals surface area (Å²) in [5.74, 6) is 0.948. The number of aldehydes is 1. The van der Waals surface area contributed by atoms with Crippen molar-refractivity contribution >= 4 is 29.0 Å². The number of fused-ring (bicyclic) bond motifs is 1. The smallest absolute Gasteiger partial charge is 0.152 e. The maximum atomic E-state index is 12.0. The third-order valence-electron chi connectivity index (χ3n) is 6.89. The summed E-state index contributed by atoms with van der Waals surface area (Å²) in [5.41, 5.74) is 13.4. The van der Waals surface area contributed by atoms with Crippen molar-refractivity contribution < 1.29 is 9.53 Å². The Kier molecular flexibility index (Phi) is 6.64. The van der Waals surface area contributed by atoms with E-state index in [9.17, 15) is 4.79 Å². The molecule has 6 nitrogen and oxygen atoms in total. The first-order chi connectivity index (χ1) is 17.0. The maximum Gasteiger partial charge on any atom is 0.152 e. The molecule has 0 aromatic heterocycles. The number of carbonyl (C=O) groups excluding carboxylic acids is 1. The topological polar surface area (TPSA) is 62.0 Å². The lowest BCUT2D eigenvalue weighted by molar-refractivity contribution is 0.112. The number of anilines is 4. The second-order valence-electron chi connectivity index (χ2n) is 9.66. The average molecular weight is 471 g/mol. The zero-order valence-corrected chi connectivity index (χ0v) is 20.6. The van der Waals surface area contributed by atoms with Gasteiger partial charge in [0.05, 0.1) is 17.5 Å². The molecule has 0 radical (unpaired) electrons. The fraction of sp³-hybridized carbons (Fsp3) is 0.345. The highest BCUT2D eigenvalue weighted by Gasteiger charge is 2.27. The third-order valence-corrected chi connectivity index (χ3v) is 6.89. The summed E-state index contributed by atoms with van der Waals surface area (Å²) in [6.07, 6.45) is 2.08. The molecule has 0 unspecified atom stereocenters. The van der Waals surface area contributed by atoms with Gasteiger partial charge >= 0.3 is 0 Å². The zero-order valence-electron chi connectivity index (χ0n) is 20.6. The Morgan fingerprint density at radius 3 is 2.51 bits per heavy atom. The van der Waals surface area contributed by atoms with Crippen LogP contribution in [0.5, 0.6) is 5.75 Å². The molecule has 0 aliphatic carbocycles. The quantitative estimate of drug-likeness (QED) is 0.392. The van der Waals surface area contributed by atoms with Gasteiger partial charge in [0.25, 0.3) is 0 Å². The summed E-state index contributed by atoms with van der Waals surface area (Å²) >= 11 is 0. The third kappa shape index (κ3) is 4.84. The molecule has 6 heteroatoms. The van der Waals surface area contributed by atoms with Gasteiger partial charge in [-0.05, 0) is 61.7 Å². The Morgan fingerprint density at radius 1 is 0.943 bits per heavy atom. The van der Waals surface area contributed by atoms with E-state index in [1.165, 1.54) is 11.1 Å². The van der Waals surface area contributed by atoms with Crippen LogP contribution in [0.1, 0.15) is 35.3 Å². The number of nitrogens with zero attached hydrogens (tertiary/aromatic N) is 3. The van der Waals surface area contributed by atoms with Crippen LogP contribution in [0.3, 0.4) is 0 Å². The van der Waals surface area contributed by atoms with Gasteiger partial charge in [-0.1, -0.05) is 30.3 Å². The molecule has 0 spiro atoms. The molecular weight excluding hydrogens is 436 g/mol. The molecule has 5 rings (SSSR count). The molecule has 0 bridgehead atoms. The number of hydrogen-bond donors (Lipinski definition) is 1. The van der Waals surface area contributed by atoms with E-state index < -0.39 is 0 Å². The van der Waals surface area contributed by atoms with Gasteiger partial charge in [0, 0.05) is 56.2 Å². The number of piperazine rings is 1. The van der Waals surface area contributed by atoms with E-state index in [0.29, 0.717) is 0 Å². The Balaban J connectivity index is 1.34. The van der Waals surface area contributed by atoms with Crippen LogP contribution < -0.4 is 20.3 Å². The van der Waals surface area contributed by atoms with E-state index >= 15 is 0 Å². The molecular formula is C29H34N4O2. The molecule has 1 saturated heterocycles. The molecule has 3 aromatic carbocycles. The summed E-state index contributed by atoms with van der Waals surface area (Å²) < 4.78 is 6.05. The van der Waals surface area contributed by atoms with E-state index in [2.05, 4.69) is 58.9 Å². The van der Waals surface area contributed by atoms with Gasteiger partial charge in [0.2, 0.25) is 0 Å². The highest BCUT2D eigenvalue weighted by atomic mass is 16.5. The zero-order chi connectivity index (χ0) is 24.4. The molecule has 2 N–H and O–H groups in total. The van der Waals surface area contributed by atoms with Crippen molar-refractivity contribution in [1.29, 1.82) is 0 Å². The molecule has 1 fully saturated rings. The molecule has 35 heavy (non-hydrogen) atoms. The van der Waals surface area contributed by atoms with Crippen LogP contribution in [0.25, 0.3) is 0 Å². The second-order valence-corrected chi connectivity index (χ2v) is 9.66. The SMILES string of the molecule is CC(C)Oc1ccccc1N1CCN(Cc2cccc(C=O)c2N2CCc3ccc(N)cc32)CC1. The molecule has 2 aliphatic heterocycles. The standard InChI is InChI=1S/C29H34N4O2/c1-21(2)35-28-9-4-3-8-26(28)32-16-14-31(15-17-32)19-23-6-5-7-24(20-34)29(23)33-13-12-22-10-11-25(30)18-27(22)33/h3-11,18,20-21H,12-17,19,30H2,1-2H3. The van der Waals surface area contributed by atoms with Crippen molar-refractivity contribution in [3.63, 3.8) is 0 Å². The Hall–Kier alpha value is -3.51. The van der Waals surface area contributed by atoms with Crippen molar-refractivity contribution in [2.75, 3.05) is 48.3 Å². The molecule has 182 valence electrons. The lowest BCUT2D eigenvalue weighted by Gasteiger charge is -2.37. The fourth-order valence-corrected chi connectivity index (χ4v) is 5.25. The van der Waals surface area contributed by atoms with Crippen LogP contribution in [0.4, 0.5) is 22.7 Å². The van der Waals surface area contributed by atoms with Crippen molar-refractivity contribution in [1.82, 2.24) is 4.90 Å². The minimum absolute atomic E-state index is 0.145. The monoisotopic (exact) mass is 470 g/mol. The minimum atomic E-state index is 0.145. The molecule has 0 atom stereocenters. The van der Waals surface area contributed by atoms with Gasteiger partial charge in [-0.2, -0.15) is 0 Å². The average Bonchev–Trinajstić information content (AvgIpc) is 3.27. The molecule has 2 heterocycles. The number of nitrogen functional groups attached to an aromatic ring is 1. The summed E-state index contributed by atoms with van der Waals surface area (Å²) in [7, 11) is 0. The predicted octanol–water partition coefficient (Wildman–Crippen LogP) is 4.88.